The summed E-state index contributed by atoms with van der Waals surface area (Å²) in [5, 5.41) is 5.95. The molecule has 3 rings (SSSR count). The van der Waals surface area contributed by atoms with E-state index < -0.39 is 23.4 Å². The van der Waals surface area contributed by atoms with Crippen LogP contribution in [0.25, 0.3) is 0 Å². The Kier molecular flexibility index (Phi) is 5.92. The fourth-order valence-electron chi connectivity index (χ4n) is 2.90. The Balaban J connectivity index is 1.61. The van der Waals surface area contributed by atoms with Crippen LogP contribution in [0, 0.1) is 5.82 Å². The molecule has 2 amide bonds. The Hall–Kier alpha value is -3.07. The summed E-state index contributed by atoms with van der Waals surface area (Å²) in [4.78, 5) is 42.8. The van der Waals surface area contributed by atoms with Gasteiger partial charge in [0.15, 0.2) is 0 Å². The summed E-state index contributed by atoms with van der Waals surface area (Å²) in [6.45, 7) is 0.490. The molecular weight excluding hydrogens is 355 g/mol. The summed E-state index contributed by atoms with van der Waals surface area (Å²) in [7, 11) is 0. The lowest BCUT2D eigenvalue weighted by molar-refractivity contribution is -0.140. The molecule has 142 valence electrons. The molecule has 1 unspecified atom stereocenters. The Morgan fingerprint density at radius 1 is 1.22 bits per heavy atom. The number of benzene rings is 1. The first-order valence-corrected chi connectivity index (χ1v) is 8.57. The summed E-state index contributed by atoms with van der Waals surface area (Å²) in [6, 6.07) is 7.58. The van der Waals surface area contributed by atoms with E-state index in [1.165, 1.54) is 29.2 Å². The molecule has 1 fully saturated rings. The number of hydrogen-bond acceptors (Lipinski definition) is 5. The molecule has 1 aliphatic rings. The zero-order chi connectivity index (χ0) is 19.2. The average molecular weight is 374 g/mol. The van der Waals surface area contributed by atoms with E-state index in [1.54, 1.807) is 12.1 Å². The zero-order valence-corrected chi connectivity index (χ0v) is 14.5. The molecule has 0 radical (unpaired) electrons. The second kappa shape index (κ2) is 8.54. The first kappa shape index (κ1) is 18.7. The predicted molar refractivity (Wildman–Crippen MR) is 92.9 cm³/mol. The van der Waals surface area contributed by atoms with Gasteiger partial charge in [-0.25, -0.2) is 15.0 Å². The number of piperidine rings is 1. The second-order valence-electron chi connectivity index (χ2n) is 6.20. The number of amides is 2. The van der Waals surface area contributed by atoms with Gasteiger partial charge in [-0.2, -0.15) is 5.10 Å². The third-order valence-electron chi connectivity index (χ3n) is 4.29. The number of carbonyl (C=O) groups excluding carboxylic acids is 2. The van der Waals surface area contributed by atoms with Crippen LogP contribution in [0.1, 0.15) is 35.3 Å². The number of hydrogen-bond donors (Lipinski definition) is 2. The first-order chi connectivity index (χ1) is 13.0. The van der Waals surface area contributed by atoms with Crippen molar-refractivity contribution in [1.29, 1.82) is 0 Å². The van der Waals surface area contributed by atoms with Crippen molar-refractivity contribution in [1.82, 2.24) is 20.6 Å². The molecule has 1 aromatic heterocycles. The van der Waals surface area contributed by atoms with E-state index in [2.05, 4.69) is 15.7 Å². The molecule has 9 heteroatoms. The highest BCUT2D eigenvalue weighted by atomic mass is 19.1. The van der Waals surface area contributed by atoms with Crippen molar-refractivity contribution in [3.8, 4) is 0 Å². The van der Waals surface area contributed by atoms with Gasteiger partial charge in [-0.3, -0.25) is 19.2 Å². The quantitative estimate of drug-likeness (QED) is 0.764. The van der Waals surface area contributed by atoms with Crippen LogP contribution in [0.15, 0.2) is 41.2 Å². The molecular formula is C18H19FN4O4. The Bertz CT molecular complexity index is 848. The van der Waals surface area contributed by atoms with Gasteiger partial charge in [0, 0.05) is 12.6 Å². The number of nitrogens with zero attached hydrogens (tertiary/aromatic N) is 2. The molecule has 2 N–H and O–H groups in total. The highest BCUT2D eigenvalue weighted by Crippen LogP contribution is 2.19. The number of nitrogens with one attached hydrogen (secondary N) is 2. The van der Waals surface area contributed by atoms with Gasteiger partial charge in [0.1, 0.15) is 17.6 Å². The number of likely N-dealkylation sites (tertiary alicyclic amines) is 1. The minimum absolute atomic E-state index is 0.0709. The minimum Gasteiger partial charge on any atom is -0.325 e. The van der Waals surface area contributed by atoms with Crippen LogP contribution >= 0.6 is 0 Å². The molecule has 1 aromatic carbocycles. The summed E-state index contributed by atoms with van der Waals surface area (Å²) < 4.78 is 12.9. The smallest absolute Gasteiger partial charge is 0.274 e. The van der Waals surface area contributed by atoms with Crippen LogP contribution in [0.4, 0.5) is 4.39 Å². The number of hydroxylamine groups is 1. The lowest BCUT2D eigenvalue weighted by Crippen LogP contribution is -2.52. The van der Waals surface area contributed by atoms with Gasteiger partial charge in [0.2, 0.25) is 0 Å². The van der Waals surface area contributed by atoms with Crippen LogP contribution in [-0.2, 0) is 16.2 Å². The first-order valence-electron chi connectivity index (χ1n) is 8.57. The average Bonchev–Trinajstić information content (AvgIpc) is 2.69. The van der Waals surface area contributed by atoms with Gasteiger partial charge in [0.25, 0.3) is 17.4 Å². The summed E-state index contributed by atoms with van der Waals surface area (Å²) >= 11 is 0. The number of carbonyl (C=O) groups is 2. The van der Waals surface area contributed by atoms with Crippen molar-refractivity contribution in [2.24, 2.45) is 0 Å². The van der Waals surface area contributed by atoms with E-state index >= 15 is 0 Å². The third-order valence-corrected chi connectivity index (χ3v) is 4.29. The lowest BCUT2D eigenvalue weighted by atomic mass is 10.0. The molecule has 2 aromatic rings. The topological polar surface area (TPSA) is 104 Å². The predicted octanol–water partition coefficient (Wildman–Crippen LogP) is 1.15. The van der Waals surface area contributed by atoms with Crippen LogP contribution in [0.3, 0.4) is 0 Å². The Labute approximate surface area is 154 Å². The zero-order valence-electron chi connectivity index (χ0n) is 14.5. The minimum atomic E-state index is -0.687. The van der Waals surface area contributed by atoms with Gasteiger partial charge in [-0.1, -0.05) is 12.1 Å². The van der Waals surface area contributed by atoms with Gasteiger partial charge in [-0.05, 0) is 43.0 Å². The lowest BCUT2D eigenvalue weighted by Gasteiger charge is -2.34. The summed E-state index contributed by atoms with van der Waals surface area (Å²) in [5.74, 6) is -1.21. The largest absolute Gasteiger partial charge is 0.325 e. The van der Waals surface area contributed by atoms with Gasteiger partial charge in [-0.15, -0.1) is 0 Å². The molecule has 0 aliphatic carbocycles. The van der Waals surface area contributed by atoms with Gasteiger partial charge in [0.05, 0.1) is 6.61 Å². The maximum atomic E-state index is 12.9. The van der Waals surface area contributed by atoms with E-state index in [1.807, 2.05) is 0 Å². The normalized spacial score (nSPS) is 16.8. The van der Waals surface area contributed by atoms with Crippen molar-refractivity contribution in [2.75, 3.05) is 6.54 Å². The number of aromatic nitrogens is 2. The SMILES string of the molecule is O=C(NOCc1ccc(F)cc1)C1CCCCN1C(=O)c1ccc(=O)[nH]n1. The van der Waals surface area contributed by atoms with Crippen LogP contribution < -0.4 is 11.0 Å². The molecule has 8 nitrogen and oxygen atoms in total. The van der Waals surface area contributed by atoms with Gasteiger partial charge >= 0.3 is 0 Å². The van der Waals surface area contributed by atoms with E-state index in [4.69, 9.17) is 4.84 Å². The fourth-order valence-corrected chi connectivity index (χ4v) is 2.90. The van der Waals surface area contributed by atoms with Crippen molar-refractivity contribution in [3.63, 3.8) is 0 Å². The van der Waals surface area contributed by atoms with E-state index in [0.717, 1.165) is 12.8 Å². The molecule has 0 bridgehead atoms. The molecule has 0 saturated carbocycles. The van der Waals surface area contributed by atoms with Gasteiger partial charge < -0.3 is 4.90 Å². The van der Waals surface area contributed by atoms with E-state index in [9.17, 15) is 18.8 Å². The summed E-state index contributed by atoms with van der Waals surface area (Å²) in [6.07, 6.45) is 2.08. The maximum absolute atomic E-state index is 12.9. The Morgan fingerprint density at radius 3 is 2.70 bits per heavy atom. The monoisotopic (exact) mass is 374 g/mol. The maximum Gasteiger partial charge on any atom is 0.274 e. The molecule has 2 heterocycles. The highest BCUT2D eigenvalue weighted by molar-refractivity contribution is 5.96. The van der Waals surface area contributed by atoms with Crippen molar-refractivity contribution >= 4 is 11.8 Å². The fraction of sp³-hybridized carbons (Fsp3) is 0.333. The van der Waals surface area contributed by atoms with E-state index in [0.29, 0.717) is 18.5 Å². The number of aromatic amines is 1. The van der Waals surface area contributed by atoms with Crippen LogP contribution in [-0.4, -0.2) is 39.5 Å². The van der Waals surface area contributed by atoms with Crippen molar-refractivity contribution in [2.45, 2.75) is 31.9 Å². The van der Waals surface area contributed by atoms with Crippen molar-refractivity contribution in [3.05, 3.63) is 63.8 Å². The standard InChI is InChI=1S/C18H19FN4O4/c19-13-6-4-12(5-7-13)11-27-22-17(25)15-3-1-2-10-23(15)18(26)14-8-9-16(24)21-20-14/h4-9,15H,1-3,10-11H2,(H,21,24)(H,22,25). The molecule has 1 saturated heterocycles. The highest BCUT2D eigenvalue weighted by Gasteiger charge is 2.33. The molecule has 1 atom stereocenters. The van der Waals surface area contributed by atoms with Crippen molar-refractivity contribution < 1.29 is 18.8 Å². The Morgan fingerprint density at radius 2 is 2.00 bits per heavy atom. The van der Waals surface area contributed by atoms with Crippen LogP contribution in [0.5, 0.6) is 0 Å². The summed E-state index contributed by atoms with van der Waals surface area (Å²) in [5.41, 5.74) is 2.72. The molecule has 1 aliphatic heterocycles. The molecule has 27 heavy (non-hydrogen) atoms. The number of H-pyrrole nitrogens is 1. The number of halogens is 1. The second-order valence-corrected chi connectivity index (χ2v) is 6.20. The third kappa shape index (κ3) is 4.76. The van der Waals surface area contributed by atoms with Crippen LogP contribution in [0.2, 0.25) is 0 Å². The van der Waals surface area contributed by atoms with E-state index in [-0.39, 0.29) is 18.1 Å². The number of rotatable bonds is 5. The molecule has 0 spiro atoms.